The number of hydrazine groups is 1. The van der Waals surface area contributed by atoms with Crippen molar-refractivity contribution in [3.63, 3.8) is 0 Å². The van der Waals surface area contributed by atoms with Gasteiger partial charge in [-0.1, -0.05) is 13.0 Å². The van der Waals surface area contributed by atoms with E-state index in [0.717, 1.165) is 79.0 Å². The van der Waals surface area contributed by atoms with E-state index in [9.17, 15) is 4.79 Å². The summed E-state index contributed by atoms with van der Waals surface area (Å²) in [4.78, 5) is 29.7. The minimum absolute atomic E-state index is 0.105. The lowest BCUT2D eigenvalue weighted by molar-refractivity contribution is -0.132. The van der Waals surface area contributed by atoms with Gasteiger partial charge >= 0.3 is 0 Å². The van der Waals surface area contributed by atoms with E-state index in [0.29, 0.717) is 12.6 Å². The van der Waals surface area contributed by atoms with Gasteiger partial charge in [0, 0.05) is 49.3 Å². The van der Waals surface area contributed by atoms with Crippen molar-refractivity contribution in [3.8, 4) is 5.82 Å². The van der Waals surface area contributed by atoms with Crippen LogP contribution in [-0.2, 0) is 11.3 Å². The van der Waals surface area contributed by atoms with Gasteiger partial charge in [0.1, 0.15) is 5.82 Å². The van der Waals surface area contributed by atoms with Crippen molar-refractivity contribution in [2.45, 2.75) is 79.1 Å². The van der Waals surface area contributed by atoms with Crippen LogP contribution < -0.4 is 26.4 Å². The van der Waals surface area contributed by atoms with E-state index in [1.165, 1.54) is 0 Å². The molecule has 0 radical (unpaired) electrons. The van der Waals surface area contributed by atoms with Crippen LogP contribution in [0.15, 0.2) is 30.5 Å². The molecule has 1 amide bonds. The summed E-state index contributed by atoms with van der Waals surface area (Å²) < 4.78 is 1.83. The maximum atomic E-state index is 13.4. The van der Waals surface area contributed by atoms with Crippen LogP contribution in [0.25, 0.3) is 5.82 Å². The molecule has 11 nitrogen and oxygen atoms in total. The van der Waals surface area contributed by atoms with E-state index in [-0.39, 0.29) is 12.1 Å². The lowest BCUT2D eigenvalue weighted by Gasteiger charge is -2.40. The molecule has 208 valence electrons. The summed E-state index contributed by atoms with van der Waals surface area (Å²) in [7, 11) is 0. The lowest BCUT2D eigenvalue weighted by atomic mass is 9.75. The molecular weight excluding hydrogens is 492 g/mol. The summed E-state index contributed by atoms with van der Waals surface area (Å²) in [6, 6.07) is 8.35. The van der Waals surface area contributed by atoms with Crippen LogP contribution in [-0.4, -0.2) is 55.9 Å². The normalized spacial score (nSPS) is 20.7. The average molecular weight is 533 g/mol. The largest absolute Gasteiger partial charge is 0.353 e. The van der Waals surface area contributed by atoms with Gasteiger partial charge in [-0.25, -0.2) is 20.1 Å². The van der Waals surface area contributed by atoms with Crippen molar-refractivity contribution >= 4 is 17.7 Å². The Morgan fingerprint density at radius 2 is 1.90 bits per heavy atom. The van der Waals surface area contributed by atoms with Gasteiger partial charge in [-0.15, -0.1) is 0 Å². The predicted molar refractivity (Wildman–Crippen MR) is 151 cm³/mol. The van der Waals surface area contributed by atoms with Gasteiger partial charge in [-0.05, 0) is 71.1 Å². The van der Waals surface area contributed by atoms with Crippen molar-refractivity contribution in [1.29, 1.82) is 0 Å². The van der Waals surface area contributed by atoms with Gasteiger partial charge in [0.05, 0.1) is 17.3 Å². The monoisotopic (exact) mass is 532 g/mol. The minimum atomic E-state index is -0.395. The molecule has 2 saturated heterocycles. The van der Waals surface area contributed by atoms with Crippen LogP contribution in [0.5, 0.6) is 0 Å². The molecule has 2 aliphatic heterocycles. The Labute approximate surface area is 230 Å². The molecule has 2 fully saturated rings. The van der Waals surface area contributed by atoms with Crippen LogP contribution in [0.4, 0.5) is 11.8 Å². The number of anilines is 2. The summed E-state index contributed by atoms with van der Waals surface area (Å²) in [5, 5.41) is 11.1. The number of hydrogen-bond donors (Lipinski definition) is 4. The van der Waals surface area contributed by atoms with Gasteiger partial charge in [0.25, 0.3) is 0 Å². The standard InChI is InChI=1S/C28H40N10O/c1-6-28(26(39)30-17-22-7-8-25(29-16-22)38-21(5)13-20(4)36-38)9-11-37(12-10-28)27-31-18(2)14-23(33-27)32-24-15-19(3)34-35-24/h7-8,13-14,16,19,24,34-35H,6,9-12,15,17H2,1-5H3,(H,30,39)(H,31,32,33). The third-order valence-electron chi connectivity index (χ3n) is 7.91. The smallest absolute Gasteiger partial charge is 0.227 e. The van der Waals surface area contributed by atoms with Crippen LogP contribution in [0.1, 0.15) is 62.2 Å². The third kappa shape index (κ3) is 6.04. The fourth-order valence-electron chi connectivity index (χ4n) is 5.51. The summed E-state index contributed by atoms with van der Waals surface area (Å²) in [6.07, 6.45) is 5.23. The van der Waals surface area contributed by atoms with E-state index in [1.54, 1.807) is 0 Å². The summed E-state index contributed by atoms with van der Waals surface area (Å²) in [5.41, 5.74) is 9.97. The molecule has 0 aromatic carbocycles. The number of carbonyl (C=O) groups is 1. The molecule has 39 heavy (non-hydrogen) atoms. The molecule has 0 bridgehead atoms. The molecule has 2 atom stereocenters. The van der Waals surface area contributed by atoms with Crippen molar-refractivity contribution in [2.24, 2.45) is 5.41 Å². The first-order valence-electron chi connectivity index (χ1n) is 13.9. The van der Waals surface area contributed by atoms with Gasteiger partial charge in [0.15, 0.2) is 5.82 Å². The first kappa shape index (κ1) is 27.0. The number of carbonyl (C=O) groups excluding carboxylic acids is 1. The van der Waals surface area contributed by atoms with Gasteiger partial charge in [-0.3, -0.25) is 10.2 Å². The van der Waals surface area contributed by atoms with E-state index < -0.39 is 5.41 Å². The number of rotatable bonds is 8. The highest BCUT2D eigenvalue weighted by Gasteiger charge is 2.40. The SMILES string of the molecule is CCC1(C(=O)NCc2ccc(-n3nc(C)cc3C)nc2)CCN(c2nc(C)cc(NC3CC(C)NN3)n2)CC1. The first-order chi connectivity index (χ1) is 18.7. The zero-order chi connectivity index (χ0) is 27.6. The number of aryl methyl sites for hydroxylation is 3. The highest BCUT2D eigenvalue weighted by Crippen LogP contribution is 2.36. The summed E-state index contributed by atoms with van der Waals surface area (Å²) in [6.45, 7) is 12.2. The van der Waals surface area contributed by atoms with Crippen LogP contribution in [0.3, 0.4) is 0 Å². The number of aromatic nitrogens is 5. The van der Waals surface area contributed by atoms with Crippen LogP contribution in [0.2, 0.25) is 0 Å². The zero-order valence-electron chi connectivity index (χ0n) is 23.6. The zero-order valence-corrected chi connectivity index (χ0v) is 23.6. The highest BCUT2D eigenvalue weighted by atomic mass is 16.2. The highest BCUT2D eigenvalue weighted by molar-refractivity contribution is 5.83. The Hall–Kier alpha value is -3.57. The topological polar surface area (TPSA) is 125 Å². The first-order valence-corrected chi connectivity index (χ1v) is 13.9. The van der Waals surface area contributed by atoms with Gasteiger partial charge in [0.2, 0.25) is 11.9 Å². The summed E-state index contributed by atoms with van der Waals surface area (Å²) >= 11 is 0. The number of hydrogen-bond acceptors (Lipinski definition) is 9. The molecule has 5 rings (SSSR count). The number of nitrogens with zero attached hydrogens (tertiary/aromatic N) is 6. The predicted octanol–water partition coefficient (Wildman–Crippen LogP) is 2.92. The van der Waals surface area contributed by atoms with Crippen molar-refractivity contribution in [2.75, 3.05) is 23.3 Å². The average Bonchev–Trinajstić information content (AvgIpc) is 3.50. The minimum Gasteiger partial charge on any atom is -0.353 e. The molecule has 2 unspecified atom stereocenters. The number of nitrogens with one attached hydrogen (secondary N) is 4. The molecule has 5 heterocycles. The molecule has 0 spiro atoms. The lowest BCUT2D eigenvalue weighted by Crippen LogP contribution is -2.49. The number of pyridine rings is 1. The van der Waals surface area contributed by atoms with Crippen molar-refractivity contribution < 1.29 is 4.79 Å². The molecule has 2 aliphatic rings. The van der Waals surface area contributed by atoms with Gasteiger partial charge in [-0.2, -0.15) is 10.1 Å². The van der Waals surface area contributed by atoms with E-state index in [2.05, 4.69) is 50.3 Å². The molecule has 0 aliphatic carbocycles. The third-order valence-corrected chi connectivity index (χ3v) is 7.91. The molecule has 4 N–H and O–H groups in total. The van der Waals surface area contributed by atoms with Crippen LogP contribution in [0, 0.1) is 26.2 Å². The molecular formula is C28H40N10O. The second kappa shape index (κ2) is 11.3. The fourth-order valence-corrected chi connectivity index (χ4v) is 5.51. The van der Waals surface area contributed by atoms with E-state index >= 15 is 0 Å². The Morgan fingerprint density at radius 3 is 2.51 bits per heavy atom. The maximum absolute atomic E-state index is 13.4. The quantitative estimate of drug-likeness (QED) is 0.347. The Balaban J connectivity index is 1.18. The Bertz CT molecular complexity index is 1300. The molecule has 3 aromatic rings. The second-order valence-electron chi connectivity index (χ2n) is 11.0. The van der Waals surface area contributed by atoms with E-state index in [1.807, 2.05) is 55.9 Å². The Kier molecular flexibility index (Phi) is 7.81. The van der Waals surface area contributed by atoms with Crippen molar-refractivity contribution in [1.82, 2.24) is 40.9 Å². The number of amides is 1. The number of piperidine rings is 1. The Morgan fingerprint density at radius 1 is 1.10 bits per heavy atom. The second-order valence-corrected chi connectivity index (χ2v) is 11.0. The maximum Gasteiger partial charge on any atom is 0.227 e. The van der Waals surface area contributed by atoms with Gasteiger partial charge < -0.3 is 15.5 Å². The van der Waals surface area contributed by atoms with Crippen molar-refractivity contribution in [3.05, 3.63) is 53.1 Å². The molecule has 11 heteroatoms. The van der Waals surface area contributed by atoms with E-state index in [4.69, 9.17) is 9.97 Å². The molecule has 3 aromatic heterocycles. The molecule has 0 saturated carbocycles. The fraction of sp³-hybridized carbons (Fsp3) is 0.536. The van der Waals surface area contributed by atoms with Crippen LogP contribution >= 0.6 is 0 Å². The summed E-state index contributed by atoms with van der Waals surface area (Å²) in [5.74, 6) is 2.41.